The number of carbonyl (C=O) groups is 1. The summed E-state index contributed by atoms with van der Waals surface area (Å²) in [4.78, 5) is 10.4. The fourth-order valence-corrected chi connectivity index (χ4v) is 2.77. The summed E-state index contributed by atoms with van der Waals surface area (Å²) in [6.07, 6.45) is 0. The van der Waals surface area contributed by atoms with Crippen LogP contribution in [0.3, 0.4) is 0 Å². The first-order valence-electron chi connectivity index (χ1n) is 5.40. The number of carbonyl (C=O) groups excluding carboxylic acids is 1. The lowest BCUT2D eigenvalue weighted by Gasteiger charge is -2.07. The molecule has 108 valence electrons. The number of sulfonamides is 1. The lowest BCUT2D eigenvalue weighted by Crippen LogP contribution is -2.29. The first kappa shape index (κ1) is 15.4. The van der Waals surface area contributed by atoms with E-state index in [1.54, 1.807) is 14.0 Å². The van der Waals surface area contributed by atoms with Gasteiger partial charge in [-0.15, -0.1) is 0 Å². The van der Waals surface area contributed by atoms with Crippen molar-refractivity contribution in [3.8, 4) is 0 Å². The minimum atomic E-state index is -3.76. The zero-order valence-corrected chi connectivity index (χ0v) is 11.5. The van der Waals surface area contributed by atoms with Crippen molar-refractivity contribution in [1.29, 1.82) is 0 Å². The number of nitrogens with one attached hydrogen (secondary N) is 1. The first-order chi connectivity index (χ1) is 8.75. The maximum atomic E-state index is 12.0. The number of aryl methyl sites for hydroxylation is 1. The van der Waals surface area contributed by atoms with Crippen LogP contribution in [0.1, 0.15) is 5.69 Å². The molecule has 0 radical (unpaired) electrons. The number of nitrogen functional groups attached to an aromatic ring is 1. The van der Waals surface area contributed by atoms with Crippen molar-refractivity contribution < 1.29 is 17.9 Å². The van der Waals surface area contributed by atoms with Crippen molar-refractivity contribution in [3.05, 3.63) is 5.69 Å². The molecule has 1 aromatic heterocycles. The number of rotatable bonds is 7. The minimum absolute atomic E-state index is 0.00336. The molecule has 0 aliphatic heterocycles. The van der Waals surface area contributed by atoms with E-state index in [-0.39, 0.29) is 30.5 Å². The van der Waals surface area contributed by atoms with Gasteiger partial charge in [0, 0.05) is 13.6 Å². The van der Waals surface area contributed by atoms with Crippen molar-refractivity contribution in [1.82, 2.24) is 14.5 Å². The highest BCUT2D eigenvalue weighted by Crippen LogP contribution is 2.20. The monoisotopic (exact) mass is 291 g/mol. The Labute approximate surface area is 110 Å². The van der Waals surface area contributed by atoms with Gasteiger partial charge < -0.3 is 16.2 Å². The highest BCUT2D eigenvalue weighted by atomic mass is 32.2. The van der Waals surface area contributed by atoms with Crippen molar-refractivity contribution in [2.75, 3.05) is 25.5 Å². The van der Waals surface area contributed by atoms with Gasteiger partial charge in [0.05, 0.1) is 12.3 Å². The van der Waals surface area contributed by atoms with Gasteiger partial charge in [0.25, 0.3) is 0 Å². The Hall–Kier alpha value is -1.65. The van der Waals surface area contributed by atoms with Crippen LogP contribution in [0.2, 0.25) is 0 Å². The van der Waals surface area contributed by atoms with Gasteiger partial charge in [0.1, 0.15) is 11.5 Å². The normalized spacial score (nSPS) is 11.7. The molecule has 1 aromatic rings. The van der Waals surface area contributed by atoms with E-state index in [0.717, 1.165) is 0 Å². The van der Waals surface area contributed by atoms with Crippen molar-refractivity contribution in [3.63, 3.8) is 0 Å². The summed E-state index contributed by atoms with van der Waals surface area (Å²) in [6.45, 7) is 1.38. The van der Waals surface area contributed by atoms with Crippen molar-refractivity contribution in [2.45, 2.75) is 11.8 Å². The number of anilines is 1. The molecule has 0 atom stereocenters. The number of nitrogens with zero attached hydrogens (tertiary/aromatic N) is 2. The molecule has 0 fully saturated rings. The Bertz CT molecular complexity index is 565. The van der Waals surface area contributed by atoms with E-state index in [2.05, 4.69) is 9.82 Å². The number of nitrogens with two attached hydrogens (primary N) is 2. The molecule has 0 aromatic carbocycles. The molecule has 0 aliphatic carbocycles. The van der Waals surface area contributed by atoms with Gasteiger partial charge in [0.15, 0.2) is 5.82 Å². The van der Waals surface area contributed by atoms with Crippen LogP contribution in [0.5, 0.6) is 0 Å². The summed E-state index contributed by atoms with van der Waals surface area (Å²) < 4.78 is 32.5. The second-order valence-electron chi connectivity index (χ2n) is 3.84. The number of aromatic nitrogens is 2. The zero-order valence-electron chi connectivity index (χ0n) is 10.7. The average molecular weight is 291 g/mol. The van der Waals surface area contributed by atoms with Crippen LogP contribution in [-0.2, 0) is 26.6 Å². The summed E-state index contributed by atoms with van der Waals surface area (Å²) in [5.41, 5.74) is 10.9. The summed E-state index contributed by atoms with van der Waals surface area (Å²) in [5, 5.41) is 3.83. The quantitative estimate of drug-likeness (QED) is 0.500. The van der Waals surface area contributed by atoms with Crippen LogP contribution in [0.15, 0.2) is 4.90 Å². The summed E-state index contributed by atoms with van der Waals surface area (Å²) in [7, 11) is -2.16. The highest BCUT2D eigenvalue weighted by Gasteiger charge is 2.23. The molecule has 0 unspecified atom stereocenters. The molecule has 1 heterocycles. The van der Waals surface area contributed by atoms with E-state index < -0.39 is 15.9 Å². The van der Waals surface area contributed by atoms with E-state index in [9.17, 15) is 13.2 Å². The topological polar surface area (TPSA) is 142 Å². The smallest absolute Gasteiger partial charge is 0.246 e. The van der Waals surface area contributed by atoms with Gasteiger partial charge in [-0.05, 0) is 6.92 Å². The first-order valence-corrected chi connectivity index (χ1v) is 6.89. The molecule has 0 saturated heterocycles. The second kappa shape index (κ2) is 5.99. The van der Waals surface area contributed by atoms with E-state index >= 15 is 0 Å². The van der Waals surface area contributed by atoms with E-state index in [1.165, 1.54) is 4.68 Å². The molecule has 0 spiro atoms. The molecule has 1 amide bonds. The molecular formula is C9H17N5O4S. The summed E-state index contributed by atoms with van der Waals surface area (Å²) in [5.74, 6) is -0.680. The fraction of sp³-hybridized carbons (Fsp3) is 0.556. The predicted molar refractivity (Wildman–Crippen MR) is 67.6 cm³/mol. The largest absolute Gasteiger partial charge is 0.381 e. The van der Waals surface area contributed by atoms with Gasteiger partial charge >= 0.3 is 0 Å². The van der Waals surface area contributed by atoms with Gasteiger partial charge in [-0.3, -0.25) is 9.48 Å². The lowest BCUT2D eigenvalue weighted by molar-refractivity contribution is -0.122. The van der Waals surface area contributed by atoms with E-state index in [1.807, 2.05) is 0 Å². The summed E-state index contributed by atoms with van der Waals surface area (Å²) >= 11 is 0. The molecule has 0 bridgehead atoms. The molecule has 1 rings (SSSR count). The Morgan fingerprint density at radius 3 is 2.63 bits per heavy atom. The average Bonchev–Trinajstić information content (AvgIpc) is 2.52. The second-order valence-corrected chi connectivity index (χ2v) is 5.54. The zero-order chi connectivity index (χ0) is 14.6. The Kier molecular flexibility index (Phi) is 4.86. The van der Waals surface area contributed by atoms with E-state index in [0.29, 0.717) is 5.69 Å². The van der Waals surface area contributed by atoms with Crippen molar-refractivity contribution >= 4 is 21.7 Å². The third-order valence-electron chi connectivity index (χ3n) is 2.36. The maximum absolute atomic E-state index is 12.0. The van der Waals surface area contributed by atoms with Crippen LogP contribution in [0, 0.1) is 6.92 Å². The van der Waals surface area contributed by atoms with Crippen molar-refractivity contribution in [2.24, 2.45) is 12.8 Å². The molecule has 0 saturated carbocycles. The third kappa shape index (κ3) is 3.91. The number of ether oxygens (including phenoxy) is 1. The standard InChI is InChI=1S/C9H17N5O4S/c1-6-8(9(11)13-14(6)2)19(16,17)12-3-4-18-5-7(10)15/h12H,3-5H2,1-2H3,(H2,10,15)(H2,11,13). The number of amides is 1. The Balaban J connectivity index is 2.64. The van der Waals surface area contributed by atoms with Crippen LogP contribution >= 0.6 is 0 Å². The molecule has 19 heavy (non-hydrogen) atoms. The Morgan fingerprint density at radius 1 is 1.53 bits per heavy atom. The van der Waals surface area contributed by atoms with Gasteiger partial charge in [-0.2, -0.15) is 5.10 Å². The van der Waals surface area contributed by atoms with Gasteiger partial charge in [0.2, 0.25) is 15.9 Å². The molecule has 10 heteroatoms. The molecule has 5 N–H and O–H groups in total. The summed E-state index contributed by atoms with van der Waals surface area (Å²) in [6, 6.07) is 0. The minimum Gasteiger partial charge on any atom is -0.381 e. The Morgan fingerprint density at radius 2 is 2.16 bits per heavy atom. The number of primary amides is 1. The molecule has 9 nitrogen and oxygen atoms in total. The van der Waals surface area contributed by atoms with Crippen LogP contribution in [0.4, 0.5) is 5.82 Å². The van der Waals surface area contributed by atoms with E-state index in [4.69, 9.17) is 16.2 Å². The van der Waals surface area contributed by atoms with Crippen LogP contribution in [0.25, 0.3) is 0 Å². The maximum Gasteiger partial charge on any atom is 0.246 e. The fourth-order valence-electron chi connectivity index (χ4n) is 1.44. The molecular weight excluding hydrogens is 274 g/mol. The third-order valence-corrected chi connectivity index (χ3v) is 3.98. The lowest BCUT2D eigenvalue weighted by atomic mass is 10.5. The SMILES string of the molecule is Cc1c(S(=O)(=O)NCCOCC(N)=O)c(N)nn1C. The number of hydrogen-bond acceptors (Lipinski definition) is 6. The van der Waals surface area contributed by atoms with Gasteiger partial charge in [-0.1, -0.05) is 0 Å². The van der Waals surface area contributed by atoms with Crippen LogP contribution in [-0.4, -0.2) is 43.9 Å². The van der Waals surface area contributed by atoms with Crippen LogP contribution < -0.4 is 16.2 Å². The van der Waals surface area contributed by atoms with Gasteiger partial charge in [-0.25, -0.2) is 13.1 Å². The number of hydrogen-bond donors (Lipinski definition) is 3. The molecule has 0 aliphatic rings. The predicted octanol–water partition coefficient (Wildman–Crippen LogP) is -1.91. The highest BCUT2D eigenvalue weighted by molar-refractivity contribution is 7.89.